The fraction of sp³-hybridized carbons (Fsp3) is 0.238. The van der Waals surface area contributed by atoms with E-state index in [2.05, 4.69) is 5.10 Å². The predicted molar refractivity (Wildman–Crippen MR) is 102 cm³/mol. The minimum absolute atomic E-state index is 0.0879. The van der Waals surface area contributed by atoms with E-state index in [0.29, 0.717) is 29.4 Å². The van der Waals surface area contributed by atoms with Crippen LogP contribution in [0.4, 0.5) is 0 Å². The zero-order valence-electron chi connectivity index (χ0n) is 15.4. The molecule has 1 heterocycles. The maximum Gasteiger partial charge on any atom is 0.307 e. The molecule has 3 aromatic rings. The molecule has 0 radical (unpaired) electrons. The van der Waals surface area contributed by atoms with Gasteiger partial charge in [-0.3, -0.25) is 9.48 Å². The Balaban J connectivity index is 1.86. The van der Waals surface area contributed by atoms with Crippen molar-refractivity contribution in [3.05, 3.63) is 60.4 Å². The topological polar surface area (TPSA) is 73.6 Å². The molecular weight excluding hydrogens is 344 g/mol. The lowest BCUT2D eigenvalue weighted by Crippen LogP contribution is -2.02. The number of rotatable bonds is 8. The summed E-state index contributed by atoms with van der Waals surface area (Å²) in [7, 11) is 1.87. The minimum atomic E-state index is -0.896. The van der Waals surface area contributed by atoms with E-state index < -0.39 is 5.97 Å². The molecule has 27 heavy (non-hydrogen) atoms. The Morgan fingerprint density at radius 3 is 2.63 bits per heavy atom. The number of carbonyl (C=O) groups is 1. The SMILES string of the molecule is CCCOc1cc(CC(=O)O)cc(Oc2cccc(-c3cnn(C)c3)c2)c1. The summed E-state index contributed by atoms with van der Waals surface area (Å²) < 4.78 is 13.4. The summed E-state index contributed by atoms with van der Waals surface area (Å²) >= 11 is 0. The molecule has 0 aliphatic rings. The zero-order valence-corrected chi connectivity index (χ0v) is 15.4. The first-order valence-electron chi connectivity index (χ1n) is 8.79. The highest BCUT2D eigenvalue weighted by molar-refractivity contribution is 5.70. The molecule has 0 spiro atoms. The second-order valence-electron chi connectivity index (χ2n) is 6.26. The minimum Gasteiger partial charge on any atom is -0.493 e. The standard InChI is InChI=1S/C21H22N2O4/c1-3-7-26-19-8-15(10-21(24)25)9-20(12-19)27-18-6-4-5-16(11-18)17-13-22-23(2)14-17/h4-6,8-9,11-14H,3,7,10H2,1-2H3,(H,24,25). The van der Waals surface area contributed by atoms with E-state index in [4.69, 9.17) is 14.6 Å². The van der Waals surface area contributed by atoms with E-state index in [1.807, 2.05) is 44.4 Å². The van der Waals surface area contributed by atoms with Crippen molar-refractivity contribution in [2.75, 3.05) is 6.61 Å². The summed E-state index contributed by atoms with van der Waals surface area (Å²) in [4.78, 5) is 11.1. The van der Waals surface area contributed by atoms with Gasteiger partial charge in [0.15, 0.2) is 0 Å². The fourth-order valence-corrected chi connectivity index (χ4v) is 2.72. The quantitative estimate of drug-likeness (QED) is 0.643. The number of aryl methyl sites for hydroxylation is 1. The van der Waals surface area contributed by atoms with E-state index in [1.54, 1.807) is 29.1 Å². The molecule has 6 nitrogen and oxygen atoms in total. The number of aromatic nitrogens is 2. The van der Waals surface area contributed by atoms with E-state index >= 15 is 0 Å². The van der Waals surface area contributed by atoms with Gasteiger partial charge in [0, 0.05) is 24.9 Å². The van der Waals surface area contributed by atoms with Gasteiger partial charge in [0.2, 0.25) is 0 Å². The molecule has 0 saturated heterocycles. The van der Waals surface area contributed by atoms with Crippen molar-refractivity contribution in [3.63, 3.8) is 0 Å². The van der Waals surface area contributed by atoms with Gasteiger partial charge in [-0.05, 0) is 41.8 Å². The number of hydrogen-bond acceptors (Lipinski definition) is 4. The van der Waals surface area contributed by atoms with Gasteiger partial charge in [-0.25, -0.2) is 0 Å². The maximum absolute atomic E-state index is 11.1. The van der Waals surface area contributed by atoms with Crippen LogP contribution in [0.1, 0.15) is 18.9 Å². The average molecular weight is 366 g/mol. The smallest absolute Gasteiger partial charge is 0.307 e. The average Bonchev–Trinajstić information content (AvgIpc) is 3.06. The van der Waals surface area contributed by atoms with E-state index in [0.717, 1.165) is 17.5 Å². The van der Waals surface area contributed by atoms with Crippen LogP contribution in [0.2, 0.25) is 0 Å². The van der Waals surface area contributed by atoms with Crippen LogP contribution in [-0.2, 0) is 18.3 Å². The number of aliphatic carboxylic acids is 1. The first-order valence-corrected chi connectivity index (χ1v) is 8.79. The monoisotopic (exact) mass is 366 g/mol. The van der Waals surface area contributed by atoms with Gasteiger partial charge in [0.05, 0.1) is 19.2 Å². The summed E-state index contributed by atoms with van der Waals surface area (Å²) in [5, 5.41) is 13.3. The summed E-state index contributed by atoms with van der Waals surface area (Å²) in [6, 6.07) is 12.9. The fourth-order valence-electron chi connectivity index (χ4n) is 2.72. The molecule has 2 aromatic carbocycles. The first-order chi connectivity index (χ1) is 13.0. The van der Waals surface area contributed by atoms with Crippen molar-refractivity contribution in [1.29, 1.82) is 0 Å². The molecule has 0 aliphatic heterocycles. The molecule has 1 N–H and O–H groups in total. The molecule has 0 unspecified atom stereocenters. The highest BCUT2D eigenvalue weighted by atomic mass is 16.5. The van der Waals surface area contributed by atoms with Crippen molar-refractivity contribution in [1.82, 2.24) is 9.78 Å². The summed E-state index contributed by atoms with van der Waals surface area (Å²) in [6.07, 6.45) is 4.51. The largest absolute Gasteiger partial charge is 0.493 e. The van der Waals surface area contributed by atoms with Crippen LogP contribution in [-0.4, -0.2) is 27.5 Å². The summed E-state index contributed by atoms with van der Waals surface area (Å²) in [5.41, 5.74) is 2.62. The Morgan fingerprint density at radius 1 is 1.11 bits per heavy atom. The Kier molecular flexibility index (Phi) is 5.76. The Morgan fingerprint density at radius 2 is 1.93 bits per heavy atom. The van der Waals surface area contributed by atoms with Gasteiger partial charge in [-0.1, -0.05) is 19.1 Å². The maximum atomic E-state index is 11.1. The van der Waals surface area contributed by atoms with E-state index in [9.17, 15) is 4.79 Å². The van der Waals surface area contributed by atoms with Gasteiger partial charge < -0.3 is 14.6 Å². The number of carboxylic acid groups (broad SMARTS) is 1. The molecule has 0 atom stereocenters. The number of benzene rings is 2. The Labute approximate surface area is 158 Å². The third-order valence-electron chi connectivity index (χ3n) is 3.88. The molecule has 0 amide bonds. The summed E-state index contributed by atoms with van der Waals surface area (Å²) in [5.74, 6) is 0.912. The normalized spacial score (nSPS) is 10.6. The lowest BCUT2D eigenvalue weighted by molar-refractivity contribution is -0.136. The van der Waals surface area contributed by atoms with Crippen LogP contribution in [0.15, 0.2) is 54.9 Å². The molecule has 1 aromatic heterocycles. The third-order valence-corrected chi connectivity index (χ3v) is 3.88. The predicted octanol–water partition coefficient (Wildman–Crippen LogP) is 4.30. The summed E-state index contributed by atoms with van der Waals surface area (Å²) in [6.45, 7) is 2.58. The van der Waals surface area contributed by atoms with Gasteiger partial charge in [-0.2, -0.15) is 5.10 Å². The number of nitrogens with zero attached hydrogens (tertiary/aromatic N) is 2. The molecule has 140 valence electrons. The zero-order chi connectivity index (χ0) is 19.2. The van der Waals surface area contributed by atoms with E-state index in [-0.39, 0.29) is 6.42 Å². The molecule has 6 heteroatoms. The molecule has 0 aliphatic carbocycles. The van der Waals surface area contributed by atoms with Crippen molar-refractivity contribution < 1.29 is 19.4 Å². The van der Waals surface area contributed by atoms with Gasteiger partial charge in [0.1, 0.15) is 17.2 Å². The Bertz CT molecular complexity index is 933. The van der Waals surface area contributed by atoms with Gasteiger partial charge >= 0.3 is 5.97 Å². The van der Waals surface area contributed by atoms with Crippen molar-refractivity contribution >= 4 is 5.97 Å². The number of ether oxygens (including phenoxy) is 2. The molecule has 0 saturated carbocycles. The third kappa shape index (κ3) is 5.10. The van der Waals surface area contributed by atoms with Crippen LogP contribution < -0.4 is 9.47 Å². The van der Waals surface area contributed by atoms with Crippen molar-refractivity contribution in [2.45, 2.75) is 19.8 Å². The molecule has 0 bridgehead atoms. The van der Waals surface area contributed by atoms with Gasteiger partial charge in [-0.15, -0.1) is 0 Å². The first kappa shape index (κ1) is 18.5. The lowest BCUT2D eigenvalue weighted by Gasteiger charge is -2.12. The number of carboxylic acids is 1. The van der Waals surface area contributed by atoms with Crippen LogP contribution in [0.5, 0.6) is 17.2 Å². The molecule has 3 rings (SSSR count). The molecular formula is C21H22N2O4. The van der Waals surface area contributed by atoms with Crippen molar-refractivity contribution in [3.8, 4) is 28.4 Å². The van der Waals surface area contributed by atoms with Crippen LogP contribution in [0.25, 0.3) is 11.1 Å². The molecule has 0 fully saturated rings. The van der Waals surface area contributed by atoms with Crippen LogP contribution in [0.3, 0.4) is 0 Å². The van der Waals surface area contributed by atoms with Gasteiger partial charge in [0.25, 0.3) is 0 Å². The van der Waals surface area contributed by atoms with E-state index in [1.165, 1.54) is 0 Å². The second-order valence-corrected chi connectivity index (χ2v) is 6.26. The van der Waals surface area contributed by atoms with Crippen molar-refractivity contribution in [2.24, 2.45) is 7.05 Å². The highest BCUT2D eigenvalue weighted by Crippen LogP contribution is 2.30. The highest BCUT2D eigenvalue weighted by Gasteiger charge is 2.09. The van der Waals surface area contributed by atoms with Crippen LogP contribution in [0, 0.1) is 0 Å². The second kappa shape index (κ2) is 8.40. The number of hydrogen-bond donors (Lipinski definition) is 1. The van der Waals surface area contributed by atoms with Crippen LogP contribution >= 0.6 is 0 Å². The lowest BCUT2D eigenvalue weighted by atomic mass is 10.1. The Hall–Kier alpha value is -3.28.